The third-order valence-corrected chi connectivity index (χ3v) is 3.02. The summed E-state index contributed by atoms with van der Waals surface area (Å²) in [4.78, 5) is 6.48. The Morgan fingerprint density at radius 3 is 2.56 bits per heavy atom. The molecule has 5 nitrogen and oxygen atoms in total. The average molecular weight is 253 g/mol. The van der Waals surface area contributed by atoms with Crippen LogP contribution in [0.2, 0.25) is 0 Å². The molecule has 0 saturated carbocycles. The molecule has 1 rings (SSSR count). The van der Waals surface area contributed by atoms with Crippen LogP contribution in [0.1, 0.15) is 12.1 Å². The van der Waals surface area contributed by atoms with Gasteiger partial charge in [-0.3, -0.25) is 9.88 Å². The van der Waals surface area contributed by atoms with Crippen LogP contribution in [-0.4, -0.2) is 50.0 Å². The van der Waals surface area contributed by atoms with Gasteiger partial charge in [0.25, 0.3) is 0 Å². The molecule has 0 fully saturated rings. The summed E-state index contributed by atoms with van der Waals surface area (Å²) in [6.07, 6.45) is 2.32. The second-order valence-electron chi connectivity index (χ2n) is 4.26. The molecule has 2 N–H and O–H groups in total. The lowest BCUT2D eigenvalue weighted by Gasteiger charge is -2.29. The lowest BCUT2D eigenvalue weighted by Crippen LogP contribution is -2.40. The van der Waals surface area contributed by atoms with Crippen molar-refractivity contribution < 1.29 is 9.47 Å². The van der Waals surface area contributed by atoms with Gasteiger partial charge in [-0.15, -0.1) is 0 Å². The normalized spacial score (nSPS) is 13.2. The van der Waals surface area contributed by atoms with Gasteiger partial charge in [-0.05, 0) is 19.2 Å². The van der Waals surface area contributed by atoms with Crippen LogP contribution < -0.4 is 5.73 Å². The van der Waals surface area contributed by atoms with Crippen LogP contribution in [0.25, 0.3) is 0 Å². The van der Waals surface area contributed by atoms with E-state index in [0.717, 1.165) is 18.7 Å². The molecule has 18 heavy (non-hydrogen) atoms. The fourth-order valence-corrected chi connectivity index (χ4v) is 1.84. The van der Waals surface area contributed by atoms with Crippen LogP contribution in [0.4, 0.5) is 0 Å². The molecule has 0 amide bonds. The SMILES string of the molecule is COC(CC(CN)N(C)Cc1ccccn1)OC. The molecule has 0 bridgehead atoms. The number of ether oxygens (including phenoxy) is 2. The largest absolute Gasteiger partial charge is 0.356 e. The van der Waals surface area contributed by atoms with Crippen LogP contribution >= 0.6 is 0 Å². The number of nitrogens with zero attached hydrogens (tertiary/aromatic N) is 2. The molecular weight excluding hydrogens is 230 g/mol. The first-order chi connectivity index (χ1) is 8.71. The van der Waals surface area contributed by atoms with Crippen LogP contribution in [0, 0.1) is 0 Å². The zero-order valence-corrected chi connectivity index (χ0v) is 11.4. The van der Waals surface area contributed by atoms with E-state index in [-0.39, 0.29) is 12.3 Å². The maximum Gasteiger partial charge on any atom is 0.158 e. The van der Waals surface area contributed by atoms with Gasteiger partial charge in [-0.2, -0.15) is 0 Å². The lowest BCUT2D eigenvalue weighted by atomic mass is 10.1. The number of pyridine rings is 1. The number of hydrogen-bond donors (Lipinski definition) is 1. The van der Waals surface area contributed by atoms with Gasteiger partial charge in [-0.25, -0.2) is 0 Å². The Morgan fingerprint density at radius 1 is 1.33 bits per heavy atom. The smallest absolute Gasteiger partial charge is 0.158 e. The highest BCUT2D eigenvalue weighted by molar-refractivity contribution is 5.03. The van der Waals surface area contributed by atoms with Gasteiger partial charge in [0.1, 0.15) is 0 Å². The second-order valence-corrected chi connectivity index (χ2v) is 4.26. The van der Waals surface area contributed by atoms with Crippen molar-refractivity contribution in [1.82, 2.24) is 9.88 Å². The van der Waals surface area contributed by atoms with Crippen LogP contribution in [0.5, 0.6) is 0 Å². The summed E-state index contributed by atoms with van der Waals surface area (Å²) in [5.74, 6) is 0. The van der Waals surface area contributed by atoms with Crippen molar-refractivity contribution in [1.29, 1.82) is 0 Å². The molecule has 1 atom stereocenters. The molecule has 0 aromatic carbocycles. The van der Waals surface area contributed by atoms with E-state index in [0.29, 0.717) is 6.54 Å². The third kappa shape index (κ3) is 4.70. The quantitative estimate of drug-likeness (QED) is 0.696. The first-order valence-corrected chi connectivity index (χ1v) is 6.07. The number of rotatable bonds is 8. The van der Waals surface area contributed by atoms with Crippen LogP contribution in [-0.2, 0) is 16.0 Å². The molecule has 1 heterocycles. The minimum Gasteiger partial charge on any atom is -0.356 e. The van der Waals surface area contributed by atoms with Crippen molar-refractivity contribution in [3.05, 3.63) is 30.1 Å². The van der Waals surface area contributed by atoms with Crippen molar-refractivity contribution in [2.75, 3.05) is 27.8 Å². The first-order valence-electron chi connectivity index (χ1n) is 6.07. The predicted molar refractivity (Wildman–Crippen MR) is 71.0 cm³/mol. The molecule has 0 radical (unpaired) electrons. The average Bonchev–Trinajstić information content (AvgIpc) is 2.41. The van der Waals surface area contributed by atoms with Crippen molar-refractivity contribution in [2.24, 2.45) is 5.73 Å². The van der Waals surface area contributed by atoms with E-state index >= 15 is 0 Å². The van der Waals surface area contributed by atoms with E-state index in [1.807, 2.05) is 25.2 Å². The van der Waals surface area contributed by atoms with E-state index in [1.54, 1.807) is 20.4 Å². The summed E-state index contributed by atoms with van der Waals surface area (Å²) in [6, 6.07) is 6.11. The Morgan fingerprint density at radius 2 is 2.06 bits per heavy atom. The summed E-state index contributed by atoms with van der Waals surface area (Å²) >= 11 is 0. The van der Waals surface area contributed by atoms with E-state index in [2.05, 4.69) is 9.88 Å². The molecular formula is C13H23N3O2. The van der Waals surface area contributed by atoms with Gasteiger partial charge >= 0.3 is 0 Å². The molecule has 1 aromatic heterocycles. The molecule has 0 aliphatic rings. The fourth-order valence-electron chi connectivity index (χ4n) is 1.84. The van der Waals surface area contributed by atoms with Gasteiger partial charge in [0, 0.05) is 46.0 Å². The zero-order chi connectivity index (χ0) is 13.4. The minimum atomic E-state index is -0.218. The summed E-state index contributed by atoms with van der Waals surface area (Å²) in [5, 5.41) is 0. The molecule has 5 heteroatoms. The summed E-state index contributed by atoms with van der Waals surface area (Å²) in [6.45, 7) is 1.33. The monoisotopic (exact) mass is 253 g/mol. The van der Waals surface area contributed by atoms with Crippen molar-refractivity contribution in [3.63, 3.8) is 0 Å². The van der Waals surface area contributed by atoms with Crippen molar-refractivity contribution in [2.45, 2.75) is 25.3 Å². The molecule has 0 spiro atoms. The standard InChI is InChI=1S/C13H23N3O2/c1-16(10-11-6-4-5-7-15-11)12(9-14)8-13(17-2)18-3/h4-7,12-13H,8-10,14H2,1-3H3. The maximum absolute atomic E-state index is 5.81. The lowest BCUT2D eigenvalue weighted by molar-refractivity contribution is -0.116. The number of nitrogens with two attached hydrogens (primary N) is 1. The number of hydrogen-bond acceptors (Lipinski definition) is 5. The van der Waals surface area contributed by atoms with Gasteiger partial charge in [0.05, 0.1) is 5.69 Å². The second kappa shape index (κ2) is 8.16. The van der Waals surface area contributed by atoms with E-state index in [1.165, 1.54) is 0 Å². The van der Waals surface area contributed by atoms with E-state index in [9.17, 15) is 0 Å². The predicted octanol–water partition coefficient (Wildman–Crippen LogP) is 0.850. The Kier molecular flexibility index (Phi) is 6.82. The number of aromatic nitrogens is 1. The number of methoxy groups -OCH3 is 2. The summed E-state index contributed by atoms with van der Waals surface area (Å²) < 4.78 is 10.4. The van der Waals surface area contributed by atoms with Gasteiger partial charge < -0.3 is 15.2 Å². The van der Waals surface area contributed by atoms with Gasteiger partial charge in [-0.1, -0.05) is 6.07 Å². The zero-order valence-electron chi connectivity index (χ0n) is 11.4. The highest BCUT2D eigenvalue weighted by atomic mass is 16.7. The summed E-state index contributed by atoms with van der Waals surface area (Å²) in [5.41, 5.74) is 6.84. The molecule has 0 saturated heterocycles. The van der Waals surface area contributed by atoms with Crippen molar-refractivity contribution >= 4 is 0 Å². The Labute approximate surface area is 109 Å². The van der Waals surface area contributed by atoms with Crippen LogP contribution in [0.3, 0.4) is 0 Å². The van der Waals surface area contributed by atoms with Gasteiger partial charge in [0.2, 0.25) is 0 Å². The van der Waals surface area contributed by atoms with E-state index in [4.69, 9.17) is 15.2 Å². The van der Waals surface area contributed by atoms with Crippen molar-refractivity contribution in [3.8, 4) is 0 Å². The topological polar surface area (TPSA) is 60.6 Å². The minimum absolute atomic E-state index is 0.205. The Hall–Kier alpha value is -1.01. The Balaban J connectivity index is 2.54. The highest BCUT2D eigenvalue weighted by Gasteiger charge is 2.19. The third-order valence-electron chi connectivity index (χ3n) is 3.02. The molecule has 0 aliphatic heterocycles. The highest BCUT2D eigenvalue weighted by Crippen LogP contribution is 2.10. The molecule has 1 unspecified atom stereocenters. The van der Waals surface area contributed by atoms with Gasteiger partial charge in [0.15, 0.2) is 6.29 Å². The molecule has 0 aliphatic carbocycles. The maximum atomic E-state index is 5.81. The van der Waals surface area contributed by atoms with Crippen LogP contribution in [0.15, 0.2) is 24.4 Å². The Bertz CT molecular complexity index is 317. The van der Waals surface area contributed by atoms with E-state index < -0.39 is 0 Å². The number of likely N-dealkylation sites (N-methyl/N-ethyl adjacent to an activating group) is 1. The summed E-state index contributed by atoms with van der Waals surface area (Å²) in [7, 11) is 5.32. The molecule has 1 aromatic rings. The molecule has 102 valence electrons. The first kappa shape index (κ1) is 15.0. The fraction of sp³-hybridized carbons (Fsp3) is 0.615.